The predicted octanol–water partition coefficient (Wildman–Crippen LogP) is 2.76. The molecule has 0 fully saturated rings. The van der Waals surface area contributed by atoms with E-state index in [1.54, 1.807) is 47.5 Å². The van der Waals surface area contributed by atoms with Gasteiger partial charge in [0, 0.05) is 30.4 Å². The molecule has 0 saturated heterocycles. The lowest BCUT2D eigenvalue weighted by Crippen LogP contribution is -2.12. The molecule has 0 aliphatic heterocycles. The van der Waals surface area contributed by atoms with Gasteiger partial charge in [-0.25, -0.2) is 9.67 Å². The van der Waals surface area contributed by atoms with Crippen molar-refractivity contribution in [2.45, 2.75) is 6.54 Å². The van der Waals surface area contributed by atoms with Gasteiger partial charge in [0.05, 0.1) is 18.4 Å². The van der Waals surface area contributed by atoms with Crippen molar-refractivity contribution in [2.24, 2.45) is 0 Å². The highest BCUT2D eigenvalue weighted by atomic mass is 16.1. The monoisotopic (exact) mass is 344 g/mol. The van der Waals surface area contributed by atoms with Gasteiger partial charge in [0.25, 0.3) is 5.91 Å². The highest BCUT2D eigenvalue weighted by Crippen LogP contribution is 2.12. The van der Waals surface area contributed by atoms with Crippen LogP contribution in [0.1, 0.15) is 15.9 Å². The van der Waals surface area contributed by atoms with Gasteiger partial charge in [-0.2, -0.15) is 10.2 Å². The number of aromatic nitrogens is 5. The minimum atomic E-state index is -0.177. The molecule has 1 N–H and O–H groups in total. The molecule has 0 aliphatic rings. The van der Waals surface area contributed by atoms with Crippen molar-refractivity contribution in [2.75, 3.05) is 5.32 Å². The summed E-state index contributed by atoms with van der Waals surface area (Å²) in [7, 11) is 0. The third kappa shape index (κ3) is 3.51. The van der Waals surface area contributed by atoms with Gasteiger partial charge in [0.1, 0.15) is 0 Å². The lowest BCUT2D eigenvalue weighted by atomic mass is 10.1. The number of rotatable bonds is 5. The second kappa shape index (κ2) is 7.02. The van der Waals surface area contributed by atoms with E-state index in [0.717, 1.165) is 5.56 Å². The van der Waals surface area contributed by atoms with Gasteiger partial charge < -0.3 is 5.32 Å². The number of pyridine rings is 1. The molecule has 3 aromatic heterocycles. The molecule has 0 spiro atoms. The molecule has 1 aromatic carbocycles. The molecular formula is C19H16N6O. The van der Waals surface area contributed by atoms with E-state index >= 15 is 0 Å². The summed E-state index contributed by atoms with van der Waals surface area (Å²) >= 11 is 0. The first kappa shape index (κ1) is 15.8. The third-order valence-electron chi connectivity index (χ3n) is 3.86. The molecule has 0 bridgehead atoms. The molecule has 0 aliphatic carbocycles. The van der Waals surface area contributed by atoms with Gasteiger partial charge >= 0.3 is 0 Å². The number of benzene rings is 1. The van der Waals surface area contributed by atoms with Crippen molar-refractivity contribution in [1.82, 2.24) is 24.5 Å². The van der Waals surface area contributed by atoms with Gasteiger partial charge in [-0.15, -0.1) is 0 Å². The van der Waals surface area contributed by atoms with Crippen LogP contribution < -0.4 is 5.32 Å². The molecule has 3 heterocycles. The maximum Gasteiger partial charge on any atom is 0.255 e. The number of nitrogens with one attached hydrogen (secondary N) is 1. The zero-order valence-corrected chi connectivity index (χ0v) is 13.9. The summed E-state index contributed by atoms with van der Waals surface area (Å²) in [6, 6.07) is 14.8. The van der Waals surface area contributed by atoms with E-state index in [4.69, 9.17) is 0 Å². The van der Waals surface area contributed by atoms with Crippen LogP contribution in [0, 0.1) is 0 Å². The van der Waals surface area contributed by atoms with Crippen LogP contribution in [0.2, 0.25) is 0 Å². The Balaban J connectivity index is 1.41. The van der Waals surface area contributed by atoms with Gasteiger partial charge in [-0.1, -0.05) is 12.1 Å². The molecule has 0 saturated carbocycles. The summed E-state index contributed by atoms with van der Waals surface area (Å²) in [6.45, 7) is 0.674. The normalized spacial score (nSPS) is 10.6. The second-order valence-corrected chi connectivity index (χ2v) is 5.71. The number of hydrogen-bond donors (Lipinski definition) is 1. The Morgan fingerprint density at radius 2 is 1.77 bits per heavy atom. The van der Waals surface area contributed by atoms with E-state index in [9.17, 15) is 4.79 Å². The first-order valence-corrected chi connectivity index (χ1v) is 8.12. The average Bonchev–Trinajstić information content (AvgIpc) is 3.37. The smallest absolute Gasteiger partial charge is 0.255 e. The number of carbonyl (C=O) groups is 1. The van der Waals surface area contributed by atoms with Crippen LogP contribution in [0.15, 0.2) is 79.5 Å². The summed E-state index contributed by atoms with van der Waals surface area (Å²) in [5.41, 5.74) is 2.30. The zero-order valence-electron chi connectivity index (χ0n) is 13.9. The summed E-state index contributed by atoms with van der Waals surface area (Å²) in [4.78, 5) is 16.7. The maximum atomic E-state index is 12.4. The quantitative estimate of drug-likeness (QED) is 0.604. The first-order valence-electron chi connectivity index (χ1n) is 8.12. The van der Waals surface area contributed by atoms with Crippen molar-refractivity contribution in [1.29, 1.82) is 0 Å². The highest BCUT2D eigenvalue weighted by molar-refractivity contribution is 6.04. The Labute approximate surface area is 149 Å². The van der Waals surface area contributed by atoms with Gasteiger partial charge in [0.2, 0.25) is 0 Å². The molecule has 7 nitrogen and oxygen atoms in total. The molecule has 0 radical (unpaired) electrons. The topological polar surface area (TPSA) is 77.6 Å². The minimum Gasteiger partial charge on any atom is -0.321 e. The van der Waals surface area contributed by atoms with Crippen molar-refractivity contribution in [3.8, 4) is 5.82 Å². The number of carbonyl (C=O) groups excluding carboxylic acids is 1. The molecule has 0 atom stereocenters. The van der Waals surface area contributed by atoms with Crippen molar-refractivity contribution in [3.05, 3.63) is 90.6 Å². The van der Waals surface area contributed by atoms with Crippen LogP contribution >= 0.6 is 0 Å². The Kier molecular flexibility index (Phi) is 4.26. The van der Waals surface area contributed by atoms with Crippen molar-refractivity contribution < 1.29 is 4.79 Å². The van der Waals surface area contributed by atoms with E-state index in [2.05, 4.69) is 20.5 Å². The van der Waals surface area contributed by atoms with Crippen LogP contribution in [-0.4, -0.2) is 30.5 Å². The van der Waals surface area contributed by atoms with Gasteiger partial charge in [-0.3, -0.25) is 9.48 Å². The Morgan fingerprint density at radius 1 is 0.962 bits per heavy atom. The minimum absolute atomic E-state index is 0.177. The number of anilines is 1. The van der Waals surface area contributed by atoms with Crippen LogP contribution in [0.25, 0.3) is 5.82 Å². The van der Waals surface area contributed by atoms with Crippen molar-refractivity contribution in [3.63, 3.8) is 0 Å². The molecule has 0 unspecified atom stereocenters. The number of hydrogen-bond acceptors (Lipinski definition) is 4. The second-order valence-electron chi connectivity index (χ2n) is 5.71. The molecule has 4 aromatic rings. The fourth-order valence-corrected chi connectivity index (χ4v) is 2.55. The van der Waals surface area contributed by atoms with E-state index in [0.29, 0.717) is 23.6 Å². The highest BCUT2D eigenvalue weighted by Gasteiger charge is 2.07. The van der Waals surface area contributed by atoms with Crippen LogP contribution in [0.4, 0.5) is 5.69 Å². The zero-order chi connectivity index (χ0) is 17.8. The van der Waals surface area contributed by atoms with E-state index < -0.39 is 0 Å². The molecule has 26 heavy (non-hydrogen) atoms. The van der Waals surface area contributed by atoms with Crippen LogP contribution in [0.3, 0.4) is 0 Å². The summed E-state index contributed by atoms with van der Waals surface area (Å²) in [5.74, 6) is 0.514. The molecular weight excluding hydrogens is 328 g/mol. The Hall–Kier alpha value is -3.74. The molecule has 4 rings (SSSR count). The standard InChI is InChI=1S/C19H16N6O/c26-19(16-5-3-15(4-6-16)14-24-11-1-9-21-24)23-17-7-8-18(20-13-17)25-12-2-10-22-25/h1-13H,14H2,(H,23,26). The fraction of sp³-hybridized carbons (Fsp3) is 0.0526. The largest absolute Gasteiger partial charge is 0.321 e. The molecule has 7 heteroatoms. The lowest BCUT2D eigenvalue weighted by Gasteiger charge is -2.07. The van der Waals surface area contributed by atoms with Crippen LogP contribution in [0.5, 0.6) is 0 Å². The maximum absolute atomic E-state index is 12.4. The fourth-order valence-electron chi connectivity index (χ4n) is 2.55. The number of amides is 1. The van der Waals surface area contributed by atoms with Gasteiger partial charge in [-0.05, 0) is 42.0 Å². The first-order chi connectivity index (χ1) is 12.8. The summed E-state index contributed by atoms with van der Waals surface area (Å²) in [6.07, 6.45) is 8.76. The van der Waals surface area contributed by atoms with E-state index in [1.165, 1.54) is 0 Å². The predicted molar refractivity (Wildman–Crippen MR) is 97.1 cm³/mol. The SMILES string of the molecule is O=C(Nc1ccc(-n2cccn2)nc1)c1ccc(Cn2cccn2)cc1. The lowest BCUT2D eigenvalue weighted by molar-refractivity contribution is 0.102. The molecule has 1 amide bonds. The van der Waals surface area contributed by atoms with E-state index in [-0.39, 0.29) is 5.91 Å². The average molecular weight is 344 g/mol. The molecule has 128 valence electrons. The van der Waals surface area contributed by atoms with Crippen molar-refractivity contribution >= 4 is 11.6 Å². The number of nitrogens with zero attached hydrogens (tertiary/aromatic N) is 5. The summed E-state index contributed by atoms with van der Waals surface area (Å²) in [5, 5.41) is 11.1. The Morgan fingerprint density at radius 3 is 2.42 bits per heavy atom. The third-order valence-corrected chi connectivity index (χ3v) is 3.86. The van der Waals surface area contributed by atoms with E-state index in [1.807, 2.05) is 41.3 Å². The summed E-state index contributed by atoms with van der Waals surface area (Å²) < 4.78 is 3.49. The Bertz CT molecular complexity index is 974. The van der Waals surface area contributed by atoms with Crippen LogP contribution in [-0.2, 0) is 6.54 Å². The van der Waals surface area contributed by atoms with Gasteiger partial charge in [0.15, 0.2) is 5.82 Å².